The molecule has 19 heavy (non-hydrogen) atoms. The molecule has 0 bridgehead atoms. The van der Waals surface area contributed by atoms with Crippen molar-refractivity contribution in [3.63, 3.8) is 0 Å². The number of carbonyl (C=O) groups is 1. The van der Waals surface area contributed by atoms with E-state index in [1.807, 2.05) is 33.8 Å². The lowest BCUT2D eigenvalue weighted by Crippen LogP contribution is -2.54. The maximum absolute atomic E-state index is 12.5. The average Bonchev–Trinajstić information content (AvgIpc) is 2.65. The minimum Gasteiger partial charge on any atom is -0.368 e. The summed E-state index contributed by atoms with van der Waals surface area (Å²) in [5.74, 6) is -0.269. The number of benzene rings is 1. The van der Waals surface area contributed by atoms with Crippen molar-refractivity contribution in [1.82, 2.24) is 5.01 Å². The van der Waals surface area contributed by atoms with Crippen LogP contribution in [0.2, 0.25) is 0 Å². The van der Waals surface area contributed by atoms with Crippen molar-refractivity contribution in [2.24, 2.45) is 10.5 Å². The van der Waals surface area contributed by atoms with Crippen molar-refractivity contribution in [3.8, 4) is 0 Å². The highest BCUT2D eigenvalue weighted by atomic mass is 16.3. The van der Waals surface area contributed by atoms with E-state index < -0.39 is 11.1 Å². The van der Waals surface area contributed by atoms with Crippen LogP contribution < -0.4 is 0 Å². The lowest BCUT2D eigenvalue weighted by molar-refractivity contribution is -0.143. The fraction of sp³-hybridized carbons (Fsp3) is 0.467. The van der Waals surface area contributed by atoms with Gasteiger partial charge in [0.15, 0.2) is 5.72 Å². The first-order valence-corrected chi connectivity index (χ1v) is 6.42. The molecule has 1 atom stereocenters. The summed E-state index contributed by atoms with van der Waals surface area (Å²) in [5.41, 5.74) is -0.451. The number of hydrazone groups is 1. The van der Waals surface area contributed by atoms with E-state index >= 15 is 0 Å². The van der Waals surface area contributed by atoms with Gasteiger partial charge in [0.1, 0.15) is 0 Å². The molecule has 1 aromatic carbocycles. The van der Waals surface area contributed by atoms with Crippen LogP contribution in [0.3, 0.4) is 0 Å². The van der Waals surface area contributed by atoms with Crippen molar-refractivity contribution < 1.29 is 9.90 Å². The Balaban J connectivity index is 2.40. The zero-order chi connectivity index (χ0) is 14.3. The summed E-state index contributed by atoms with van der Waals surface area (Å²) in [6, 6.07) is 8.92. The fourth-order valence-corrected chi connectivity index (χ4v) is 2.22. The summed E-state index contributed by atoms with van der Waals surface area (Å²) in [6.07, 6.45) is 0.384. The summed E-state index contributed by atoms with van der Waals surface area (Å²) in [7, 11) is 0. The highest BCUT2D eigenvalue weighted by Crippen LogP contribution is 2.41. The normalized spacial score (nSPS) is 23.4. The Morgan fingerprint density at radius 3 is 2.42 bits per heavy atom. The average molecular weight is 260 g/mol. The van der Waals surface area contributed by atoms with Crippen LogP contribution in [0.15, 0.2) is 35.4 Å². The first-order chi connectivity index (χ1) is 8.75. The maximum Gasteiger partial charge on any atom is 0.276 e. The summed E-state index contributed by atoms with van der Waals surface area (Å²) in [6.45, 7) is 7.56. The van der Waals surface area contributed by atoms with Gasteiger partial charge in [0, 0.05) is 23.1 Å². The van der Waals surface area contributed by atoms with Crippen molar-refractivity contribution in [3.05, 3.63) is 35.9 Å². The second-order valence-electron chi connectivity index (χ2n) is 6.06. The van der Waals surface area contributed by atoms with Gasteiger partial charge in [-0.15, -0.1) is 0 Å². The van der Waals surface area contributed by atoms with E-state index in [4.69, 9.17) is 0 Å². The molecule has 0 saturated heterocycles. The Morgan fingerprint density at radius 2 is 1.89 bits per heavy atom. The van der Waals surface area contributed by atoms with Crippen LogP contribution >= 0.6 is 0 Å². The molecule has 1 aliphatic rings. The van der Waals surface area contributed by atoms with Crippen LogP contribution in [-0.4, -0.2) is 27.5 Å². The van der Waals surface area contributed by atoms with Gasteiger partial charge in [-0.25, -0.2) is 0 Å². The van der Waals surface area contributed by atoms with E-state index in [1.54, 1.807) is 24.3 Å². The van der Waals surface area contributed by atoms with Gasteiger partial charge in [-0.3, -0.25) is 4.79 Å². The molecule has 0 aromatic heterocycles. The SMILES string of the molecule is CC1=NN(C(=O)c2ccccc2)C(O)(C(C)(C)C)C1. The smallest absolute Gasteiger partial charge is 0.276 e. The molecule has 0 radical (unpaired) electrons. The molecule has 4 nitrogen and oxygen atoms in total. The molecule has 0 saturated carbocycles. The summed E-state index contributed by atoms with van der Waals surface area (Å²) < 4.78 is 0. The number of nitrogens with zero attached hydrogens (tertiary/aromatic N) is 2. The molecule has 4 heteroatoms. The fourth-order valence-electron chi connectivity index (χ4n) is 2.22. The third kappa shape index (κ3) is 2.28. The van der Waals surface area contributed by atoms with Gasteiger partial charge in [-0.2, -0.15) is 10.1 Å². The van der Waals surface area contributed by atoms with E-state index in [2.05, 4.69) is 5.10 Å². The molecule has 1 amide bonds. The molecule has 1 aromatic rings. The monoisotopic (exact) mass is 260 g/mol. The van der Waals surface area contributed by atoms with Crippen molar-refractivity contribution >= 4 is 11.6 Å². The second kappa shape index (κ2) is 4.46. The third-order valence-electron chi connectivity index (χ3n) is 3.54. The van der Waals surface area contributed by atoms with Gasteiger partial charge in [-0.1, -0.05) is 39.0 Å². The molecule has 1 aliphatic heterocycles. The molecular weight excluding hydrogens is 240 g/mol. The number of amides is 1. The predicted molar refractivity (Wildman–Crippen MR) is 74.7 cm³/mol. The quantitative estimate of drug-likeness (QED) is 0.844. The van der Waals surface area contributed by atoms with E-state index in [0.29, 0.717) is 12.0 Å². The van der Waals surface area contributed by atoms with Gasteiger partial charge >= 0.3 is 0 Å². The van der Waals surface area contributed by atoms with E-state index in [-0.39, 0.29) is 5.91 Å². The van der Waals surface area contributed by atoms with E-state index in [9.17, 15) is 9.90 Å². The van der Waals surface area contributed by atoms with Crippen LogP contribution in [0.5, 0.6) is 0 Å². The molecule has 0 fully saturated rings. The van der Waals surface area contributed by atoms with Gasteiger partial charge in [-0.05, 0) is 19.1 Å². The standard InChI is InChI=1S/C15H20N2O2/c1-11-10-15(19,14(2,3)4)17(16-11)13(18)12-8-6-5-7-9-12/h5-9,19H,10H2,1-4H3. The molecule has 2 rings (SSSR count). The molecule has 1 N–H and O–H groups in total. The van der Waals surface area contributed by atoms with Gasteiger partial charge < -0.3 is 5.11 Å². The number of carbonyl (C=O) groups excluding carboxylic acids is 1. The molecule has 0 spiro atoms. The summed E-state index contributed by atoms with van der Waals surface area (Å²) in [4.78, 5) is 12.5. The lowest BCUT2D eigenvalue weighted by Gasteiger charge is -2.41. The molecule has 0 aliphatic carbocycles. The first-order valence-electron chi connectivity index (χ1n) is 6.42. The van der Waals surface area contributed by atoms with Crippen molar-refractivity contribution in [1.29, 1.82) is 0 Å². The van der Waals surface area contributed by atoms with E-state index in [0.717, 1.165) is 5.71 Å². The largest absolute Gasteiger partial charge is 0.368 e. The topological polar surface area (TPSA) is 52.9 Å². The maximum atomic E-state index is 12.5. The Kier molecular flexibility index (Phi) is 3.22. The third-order valence-corrected chi connectivity index (χ3v) is 3.54. The Bertz CT molecular complexity index is 517. The van der Waals surface area contributed by atoms with Gasteiger partial charge in [0.2, 0.25) is 0 Å². The van der Waals surface area contributed by atoms with Crippen LogP contribution in [0.4, 0.5) is 0 Å². The van der Waals surface area contributed by atoms with Crippen LogP contribution in [0, 0.1) is 5.41 Å². The molecule has 1 heterocycles. The summed E-state index contributed by atoms with van der Waals surface area (Å²) in [5, 5.41) is 16.3. The summed E-state index contributed by atoms with van der Waals surface area (Å²) >= 11 is 0. The molecular formula is C15H20N2O2. The second-order valence-corrected chi connectivity index (χ2v) is 6.06. The predicted octanol–water partition coefficient (Wildman–Crippen LogP) is 2.64. The van der Waals surface area contributed by atoms with Crippen molar-refractivity contribution in [2.45, 2.75) is 39.8 Å². The van der Waals surface area contributed by atoms with Gasteiger partial charge in [0.05, 0.1) is 0 Å². The van der Waals surface area contributed by atoms with Crippen molar-refractivity contribution in [2.75, 3.05) is 0 Å². The zero-order valence-electron chi connectivity index (χ0n) is 11.8. The first kappa shape index (κ1) is 13.7. The highest BCUT2D eigenvalue weighted by Gasteiger charge is 2.51. The van der Waals surface area contributed by atoms with Crippen LogP contribution in [0.25, 0.3) is 0 Å². The van der Waals surface area contributed by atoms with Gasteiger partial charge in [0.25, 0.3) is 5.91 Å². The van der Waals surface area contributed by atoms with Crippen LogP contribution in [0.1, 0.15) is 44.5 Å². The molecule has 1 unspecified atom stereocenters. The Labute approximate surface area is 113 Å². The minimum atomic E-state index is -1.27. The number of aliphatic hydroxyl groups is 1. The lowest BCUT2D eigenvalue weighted by atomic mass is 9.80. The highest BCUT2D eigenvalue weighted by molar-refractivity contribution is 5.97. The van der Waals surface area contributed by atoms with E-state index in [1.165, 1.54) is 5.01 Å². The minimum absolute atomic E-state index is 0.269. The Morgan fingerprint density at radius 1 is 1.32 bits per heavy atom. The Hall–Kier alpha value is -1.68. The number of rotatable bonds is 1. The van der Waals surface area contributed by atoms with Crippen LogP contribution in [-0.2, 0) is 0 Å². The zero-order valence-corrected chi connectivity index (χ0v) is 11.8. The number of hydrogen-bond acceptors (Lipinski definition) is 3. The molecule has 102 valence electrons. The number of hydrogen-bond donors (Lipinski definition) is 1.